The zero-order chi connectivity index (χ0) is 10.9. The predicted molar refractivity (Wildman–Crippen MR) is 71.0 cm³/mol. The lowest BCUT2D eigenvalue weighted by molar-refractivity contribution is 0.439. The van der Waals surface area contributed by atoms with Crippen LogP contribution in [0.5, 0.6) is 0 Å². The van der Waals surface area contributed by atoms with E-state index in [4.69, 9.17) is 0 Å². The van der Waals surface area contributed by atoms with Gasteiger partial charge in [0.1, 0.15) is 0 Å². The molecule has 0 saturated heterocycles. The number of hydrogen-bond donors (Lipinski definition) is 1. The molecule has 3 heteroatoms. The lowest BCUT2D eigenvalue weighted by Gasteiger charge is -2.31. The number of rotatable bonds is 3. The van der Waals surface area contributed by atoms with Crippen molar-refractivity contribution in [3.63, 3.8) is 0 Å². The maximum atomic E-state index is 3.65. The SMILES string of the molecule is CSC(C)(C)CC1NCCc2sccc21. The fourth-order valence-corrected chi connectivity index (χ4v) is 3.37. The zero-order valence-corrected chi connectivity index (χ0v) is 11.3. The fourth-order valence-electron chi connectivity index (χ4n) is 2.09. The second-order valence-corrected chi connectivity index (χ2v) is 7.24. The van der Waals surface area contributed by atoms with Crippen molar-refractivity contribution in [3.8, 4) is 0 Å². The number of nitrogens with one attached hydrogen (secondary N) is 1. The lowest BCUT2D eigenvalue weighted by atomic mass is 9.94. The molecule has 0 spiro atoms. The standard InChI is InChI=1S/C12H19NS2/c1-12(2,14-3)8-10-9-5-7-15-11(9)4-6-13-10/h5,7,10,13H,4,6,8H2,1-3H3. The van der Waals surface area contributed by atoms with Crippen LogP contribution in [0.2, 0.25) is 0 Å². The maximum Gasteiger partial charge on any atom is 0.0344 e. The summed E-state index contributed by atoms with van der Waals surface area (Å²) in [4.78, 5) is 1.59. The van der Waals surface area contributed by atoms with Gasteiger partial charge in [0.05, 0.1) is 0 Å². The van der Waals surface area contributed by atoms with Gasteiger partial charge in [0, 0.05) is 22.2 Å². The van der Waals surface area contributed by atoms with Gasteiger partial charge >= 0.3 is 0 Å². The van der Waals surface area contributed by atoms with E-state index in [1.165, 1.54) is 12.8 Å². The zero-order valence-electron chi connectivity index (χ0n) is 9.67. The molecule has 15 heavy (non-hydrogen) atoms. The van der Waals surface area contributed by atoms with Crippen molar-refractivity contribution in [3.05, 3.63) is 21.9 Å². The molecule has 1 atom stereocenters. The third-order valence-electron chi connectivity index (χ3n) is 3.15. The molecule has 0 bridgehead atoms. The van der Waals surface area contributed by atoms with Crippen LogP contribution in [0.3, 0.4) is 0 Å². The monoisotopic (exact) mass is 241 g/mol. The molecule has 1 aromatic heterocycles. The van der Waals surface area contributed by atoms with Gasteiger partial charge in [-0.05, 0) is 36.1 Å². The Morgan fingerprint density at radius 3 is 3.13 bits per heavy atom. The van der Waals surface area contributed by atoms with E-state index in [-0.39, 0.29) is 0 Å². The molecule has 1 unspecified atom stereocenters. The highest BCUT2D eigenvalue weighted by Gasteiger charge is 2.27. The number of fused-ring (bicyclic) bond motifs is 1. The Bertz CT molecular complexity index is 330. The van der Waals surface area contributed by atoms with E-state index in [1.807, 2.05) is 23.1 Å². The molecule has 0 aliphatic carbocycles. The van der Waals surface area contributed by atoms with Crippen LogP contribution in [0.1, 0.15) is 36.8 Å². The molecule has 1 aliphatic rings. The Morgan fingerprint density at radius 1 is 1.60 bits per heavy atom. The van der Waals surface area contributed by atoms with Crippen LogP contribution in [-0.4, -0.2) is 17.5 Å². The van der Waals surface area contributed by atoms with Crippen molar-refractivity contribution in [2.45, 2.75) is 37.5 Å². The van der Waals surface area contributed by atoms with Crippen molar-refractivity contribution in [1.82, 2.24) is 5.32 Å². The summed E-state index contributed by atoms with van der Waals surface area (Å²) in [6.45, 7) is 5.81. The normalized spacial score (nSPS) is 21.4. The summed E-state index contributed by atoms with van der Waals surface area (Å²) >= 11 is 3.88. The molecule has 1 N–H and O–H groups in total. The largest absolute Gasteiger partial charge is 0.309 e. The number of hydrogen-bond acceptors (Lipinski definition) is 3. The summed E-state index contributed by atoms with van der Waals surface area (Å²) in [5.41, 5.74) is 1.55. The van der Waals surface area contributed by atoms with Gasteiger partial charge in [-0.3, -0.25) is 0 Å². The summed E-state index contributed by atoms with van der Waals surface area (Å²) in [6.07, 6.45) is 4.64. The van der Waals surface area contributed by atoms with Crippen molar-refractivity contribution >= 4 is 23.1 Å². The van der Waals surface area contributed by atoms with Gasteiger partial charge in [-0.15, -0.1) is 11.3 Å². The summed E-state index contributed by atoms with van der Waals surface area (Å²) < 4.78 is 0.369. The van der Waals surface area contributed by atoms with E-state index >= 15 is 0 Å². The number of thioether (sulfide) groups is 1. The molecular formula is C12H19NS2. The average molecular weight is 241 g/mol. The highest BCUT2D eigenvalue weighted by molar-refractivity contribution is 7.99. The van der Waals surface area contributed by atoms with Gasteiger partial charge in [-0.1, -0.05) is 13.8 Å². The summed E-state index contributed by atoms with van der Waals surface area (Å²) in [6, 6.07) is 2.87. The van der Waals surface area contributed by atoms with E-state index in [0.29, 0.717) is 10.8 Å². The Kier molecular flexibility index (Phi) is 3.43. The van der Waals surface area contributed by atoms with E-state index in [9.17, 15) is 0 Å². The minimum atomic E-state index is 0.369. The molecule has 1 aromatic rings. The number of thiophene rings is 1. The Hall–Kier alpha value is 0.0100. The minimum absolute atomic E-state index is 0.369. The third-order valence-corrected chi connectivity index (χ3v) is 5.41. The second kappa shape index (κ2) is 4.48. The van der Waals surface area contributed by atoms with Crippen molar-refractivity contribution in [2.24, 2.45) is 0 Å². The quantitative estimate of drug-likeness (QED) is 0.869. The van der Waals surface area contributed by atoms with Gasteiger partial charge in [0.2, 0.25) is 0 Å². The molecule has 0 fully saturated rings. The summed E-state index contributed by atoms with van der Waals surface area (Å²) in [5, 5.41) is 5.88. The topological polar surface area (TPSA) is 12.0 Å². The first kappa shape index (κ1) is 11.5. The molecular weight excluding hydrogens is 222 g/mol. The van der Waals surface area contributed by atoms with Crippen LogP contribution >= 0.6 is 23.1 Å². The lowest BCUT2D eigenvalue weighted by Crippen LogP contribution is -2.33. The van der Waals surface area contributed by atoms with Crippen LogP contribution in [0.15, 0.2) is 11.4 Å². The molecule has 2 heterocycles. The maximum absolute atomic E-state index is 3.65. The van der Waals surface area contributed by atoms with Crippen LogP contribution in [0.4, 0.5) is 0 Å². The van der Waals surface area contributed by atoms with Crippen LogP contribution in [0, 0.1) is 0 Å². The van der Waals surface area contributed by atoms with E-state index in [0.717, 1.165) is 6.54 Å². The highest BCUT2D eigenvalue weighted by atomic mass is 32.2. The van der Waals surface area contributed by atoms with Crippen molar-refractivity contribution in [1.29, 1.82) is 0 Å². The molecule has 1 aliphatic heterocycles. The average Bonchev–Trinajstić information content (AvgIpc) is 2.66. The Morgan fingerprint density at radius 2 is 2.40 bits per heavy atom. The van der Waals surface area contributed by atoms with Gasteiger partial charge in [-0.2, -0.15) is 11.8 Å². The molecule has 0 saturated carbocycles. The van der Waals surface area contributed by atoms with E-state index in [1.54, 1.807) is 10.4 Å². The van der Waals surface area contributed by atoms with E-state index in [2.05, 4.69) is 36.9 Å². The third kappa shape index (κ3) is 2.58. The summed E-state index contributed by atoms with van der Waals surface area (Å²) in [7, 11) is 0. The van der Waals surface area contributed by atoms with Crippen molar-refractivity contribution < 1.29 is 0 Å². The van der Waals surface area contributed by atoms with Crippen LogP contribution < -0.4 is 5.32 Å². The van der Waals surface area contributed by atoms with Gasteiger partial charge in [-0.25, -0.2) is 0 Å². The van der Waals surface area contributed by atoms with Crippen LogP contribution in [0.25, 0.3) is 0 Å². The van der Waals surface area contributed by atoms with Crippen LogP contribution in [-0.2, 0) is 6.42 Å². The molecule has 0 radical (unpaired) electrons. The second-order valence-electron chi connectivity index (χ2n) is 4.72. The first-order valence-corrected chi connectivity index (χ1v) is 7.57. The summed E-state index contributed by atoms with van der Waals surface area (Å²) in [5.74, 6) is 0. The Labute approximate surface area is 101 Å². The van der Waals surface area contributed by atoms with Crippen molar-refractivity contribution in [2.75, 3.05) is 12.8 Å². The first-order valence-electron chi connectivity index (χ1n) is 5.47. The highest BCUT2D eigenvalue weighted by Crippen LogP contribution is 2.36. The first-order chi connectivity index (χ1) is 7.12. The minimum Gasteiger partial charge on any atom is -0.309 e. The van der Waals surface area contributed by atoms with Gasteiger partial charge in [0.15, 0.2) is 0 Å². The smallest absolute Gasteiger partial charge is 0.0344 e. The fraction of sp³-hybridized carbons (Fsp3) is 0.667. The Balaban J connectivity index is 2.13. The molecule has 84 valence electrons. The molecule has 2 rings (SSSR count). The van der Waals surface area contributed by atoms with Gasteiger partial charge < -0.3 is 5.32 Å². The molecule has 0 aromatic carbocycles. The van der Waals surface area contributed by atoms with E-state index < -0.39 is 0 Å². The molecule has 0 amide bonds. The predicted octanol–water partition coefficient (Wildman–Crippen LogP) is 3.47. The van der Waals surface area contributed by atoms with Gasteiger partial charge in [0.25, 0.3) is 0 Å². The molecule has 1 nitrogen and oxygen atoms in total.